The molecule has 1 aliphatic carbocycles. The van der Waals surface area contributed by atoms with Crippen LogP contribution in [0.25, 0.3) is 0 Å². The molecule has 1 heterocycles. The van der Waals surface area contributed by atoms with E-state index in [1.165, 1.54) is 4.88 Å². The first-order valence-electron chi connectivity index (χ1n) is 7.14. The first-order valence-corrected chi connectivity index (χ1v) is 8.02. The number of hydrogen-bond donors (Lipinski definition) is 1. The van der Waals surface area contributed by atoms with Crippen LogP contribution in [-0.2, 0) is 11.3 Å². The number of carbonyl (C=O) groups excluding carboxylic acids is 1. The van der Waals surface area contributed by atoms with Gasteiger partial charge in [-0.15, -0.1) is 11.3 Å². The van der Waals surface area contributed by atoms with Gasteiger partial charge in [0.1, 0.15) is 5.54 Å². The van der Waals surface area contributed by atoms with E-state index in [9.17, 15) is 10.1 Å². The molecule has 0 radical (unpaired) electrons. The molecule has 4 nitrogen and oxygen atoms in total. The predicted molar refractivity (Wildman–Crippen MR) is 80.2 cm³/mol. The van der Waals surface area contributed by atoms with Gasteiger partial charge >= 0.3 is 0 Å². The second-order valence-corrected chi connectivity index (χ2v) is 6.36. The van der Waals surface area contributed by atoms with Crippen molar-refractivity contribution in [1.29, 1.82) is 5.26 Å². The lowest BCUT2D eigenvalue weighted by Crippen LogP contribution is -2.48. The van der Waals surface area contributed by atoms with Crippen LogP contribution in [0.2, 0.25) is 0 Å². The van der Waals surface area contributed by atoms with E-state index in [2.05, 4.69) is 29.3 Å². The van der Waals surface area contributed by atoms with E-state index in [1.54, 1.807) is 11.3 Å². The smallest absolute Gasteiger partial charge is 0.235 e. The maximum Gasteiger partial charge on any atom is 0.235 e. The molecule has 20 heavy (non-hydrogen) atoms. The molecule has 0 atom stereocenters. The minimum Gasteiger partial charge on any atom is -0.337 e. The normalized spacial score (nSPS) is 17.1. The summed E-state index contributed by atoms with van der Waals surface area (Å²) in [6, 6.07) is 6.40. The van der Waals surface area contributed by atoms with Crippen LogP contribution >= 0.6 is 11.3 Å². The second-order valence-electron chi connectivity index (χ2n) is 5.33. The van der Waals surface area contributed by atoms with Crippen LogP contribution in [0.1, 0.15) is 37.5 Å². The largest absolute Gasteiger partial charge is 0.337 e. The Morgan fingerprint density at radius 3 is 2.85 bits per heavy atom. The van der Waals surface area contributed by atoms with Crippen LogP contribution in [0.5, 0.6) is 0 Å². The number of amides is 1. The summed E-state index contributed by atoms with van der Waals surface area (Å²) in [5.41, 5.74) is -0.612. The highest BCUT2D eigenvalue weighted by Gasteiger charge is 2.35. The average Bonchev–Trinajstić information content (AvgIpc) is 3.10. The van der Waals surface area contributed by atoms with Crippen LogP contribution in [0.4, 0.5) is 0 Å². The third-order valence-corrected chi connectivity index (χ3v) is 4.68. The number of rotatable bonds is 6. The maximum absolute atomic E-state index is 12.2. The zero-order valence-corrected chi connectivity index (χ0v) is 12.7. The van der Waals surface area contributed by atoms with Crippen molar-refractivity contribution in [3.8, 4) is 6.07 Å². The van der Waals surface area contributed by atoms with E-state index in [0.717, 1.165) is 38.8 Å². The quantitative estimate of drug-likeness (QED) is 0.876. The molecule has 1 fully saturated rings. The van der Waals surface area contributed by atoms with Gasteiger partial charge in [0.25, 0.3) is 0 Å². The first kappa shape index (κ1) is 15.0. The summed E-state index contributed by atoms with van der Waals surface area (Å²) >= 11 is 1.70. The van der Waals surface area contributed by atoms with Crippen LogP contribution in [0.15, 0.2) is 17.5 Å². The molecule has 0 aromatic carbocycles. The molecule has 1 N–H and O–H groups in total. The van der Waals surface area contributed by atoms with Gasteiger partial charge in [-0.3, -0.25) is 9.69 Å². The van der Waals surface area contributed by atoms with Gasteiger partial charge in [-0.1, -0.05) is 13.0 Å². The van der Waals surface area contributed by atoms with E-state index in [1.807, 2.05) is 11.4 Å². The Kier molecular flexibility index (Phi) is 5.16. The predicted octanol–water partition coefficient (Wildman–Crippen LogP) is 2.52. The fraction of sp³-hybridized carbons (Fsp3) is 0.600. The highest BCUT2D eigenvalue weighted by molar-refractivity contribution is 7.09. The number of nitrogens with zero attached hydrogens (tertiary/aromatic N) is 2. The standard InChI is InChI=1S/C15H21N3OS/c1-2-18(10-13-6-5-9-20-13)11-14(19)17-15(12-16)7-3-4-8-15/h5-6,9H,2-4,7-8,10-11H2,1H3,(H,17,19). The fourth-order valence-corrected chi connectivity index (χ4v) is 3.40. The molecular formula is C15H21N3OS. The number of hydrogen-bond acceptors (Lipinski definition) is 4. The lowest BCUT2D eigenvalue weighted by molar-refractivity contribution is -0.123. The minimum atomic E-state index is -0.612. The Hall–Kier alpha value is -1.38. The monoisotopic (exact) mass is 291 g/mol. The Morgan fingerprint density at radius 2 is 2.30 bits per heavy atom. The van der Waals surface area contributed by atoms with Crippen LogP contribution in [-0.4, -0.2) is 29.4 Å². The molecule has 0 bridgehead atoms. The lowest BCUT2D eigenvalue weighted by atomic mass is 10.00. The molecule has 0 unspecified atom stereocenters. The van der Waals surface area contributed by atoms with E-state index >= 15 is 0 Å². The van der Waals surface area contributed by atoms with E-state index in [0.29, 0.717) is 6.54 Å². The van der Waals surface area contributed by atoms with Gasteiger partial charge in [0, 0.05) is 11.4 Å². The third kappa shape index (κ3) is 3.81. The number of carbonyl (C=O) groups is 1. The summed E-state index contributed by atoms with van der Waals surface area (Å²) < 4.78 is 0. The van der Waals surface area contributed by atoms with Crippen molar-refractivity contribution in [2.75, 3.05) is 13.1 Å². The van der Waals surface area contributed by atoms with Crippen molar-refractivity contribution in [3.05, 3.63) is 22.4 Å². The molecule has 2 rings (SSSR count). The lowest BCUT2D eigenvalue weighted by Gasteiger charge is -2.25. The molecule has 1 amide bonds. The fourth-order valence-electron chi connectivity index (χ4n) is 2.66. The molecule has 0 aliphatic heterocycles. The second kappa shape index (κ2) is 6.87. The number of likely N-dealkylation sites (N-methyl/N-ethyl adjacent to an activating group) is 1. The van der Waals surface area contributed by atoms with Crippen molar-refractivity contribution < 1.29 is 4.79 Å². The minimum absolute atomic E-state index is 0.0353. The van der Waals surface area contributed by atoms with Gasteiger partial charge in [0.05, 0.1) is 12.6 Å². The zero-order chi connectivity index (χ0) is 14.4. The molecule has 108 valence electrons. The summed E-state index contributed by atoms with van der Waals surface area (Å²) in [5, 5.41) is 14.3. The van der Waals surface area contributed by atoms with Crippen molar-refractivity contribution in [2.24, 2.45) is 0 Å². The number of nitrogens with one attached hydrogen (secondary N) is 1. The number of thiophene rings is 1. The van der Waals surface area contributed by atoms with Gasteiger partial charge in [0.15, 0.2) is 0 Å². The van der Waals surface area contributed by atoms with Crippen LogP contribution in [0, 0.1) is 11.3 Å². The van der Waals surface area contributed by atoms with Gasteiger partial charge in [-0.2, -0.15) is 5.26 Å². The summed E-state index contributed by atoms with van der Waals surface area (Å²) in [6.45, 7) is 4.03. The third-order valence-electron chi connectivity index (χ3n) is 3.82. The maximum atomic E-state index is 12.2. The van der Waals surface area contributed by atoms with Crippen molar-refractivity contribution in [2.45, 2.75) is 44.7 Å². The molecule has 5 heteroatoms. The van der Waals surface area contributed by atoms with E-state index < -0.39 is 5.54 Å². The van der Waals surface area contributed by atoms with Gasteiger partial charge < -0.3 is 5.32 Å². The van der Waals surface area contributed by atoms with Crippen molar-refractivity contribution in [3.63, 3.8) is 0 Å². The highest BCUT2D eigenvalue weighted by Crippen LogP contribution is 2.28. The Bertz CT molecular complexity index is 472. The van der Waals surface area contributed by atoms with Gasteiger partial charge in [-0.25, -0.2) is 0 Å². The molecule has 0 saturated heterocycles. The summed E-state index contributed by atoms with van der Waals surface area (Å²) in [5.74, 6) is -0.0353. The Balaban J connectivity index is 1.87. The van der Waals surface area contributed by atoms with Crippen LogP contribution < -0.4 is 5.32 Å². The first-order chi connectivity index (χ1) is 9.67. The summed E-state index contributed by atoms with van der Waals surface area (Å²) in [6.07, 6.45) is 3.62. The van der Waals surface area contributed by atoms with E-state index in [-0.39, 0.29) is 5.91 Å². The Labute approximate surface area is 124 Å². The SMILES string of the molecule is CCN(CC(=O)NC1(C#N)CCCC1)Cc1cccs1. The Morgan fingerprint density at radius 1 is 1.55 bits per heavy atom. The molecular weight excluding hydrogens is 270 g/mol. The zero-order valence-electron chi connectivity index (χ0n) is 11.9. The average molecular weight is 291 g/mol. The topological polar surface area (TPSA) is 56.1 Å². The van der Waals surface area contributed by atoms with Gasteiger partial charge in [-0.05, 0) is 43.7 Å². The number of nitriles is 1. The van der Waals surface area contributed by atoms with Gasteiger partial charge in [0.2, 0.25) is 5.91 Å². The van der Waals surface area contributed by atoms with E-state index in [4.69, 9.17) is 0 Å². The van der Waals surface area contributed by atoms with Crippen LogP contribution in [0.3, 0.4) is 0 Å². The highest BCUT2D eigenvalue weighted by atomic mass is 32.1. The molecule has 0 spiro atoms. The van der Waals surface area contributed by atoms with Crippen molar-refractivity contribution >= 4 is 17.2 Å². The molecule has 1 aromatic heterocycles. The summed E-state index contributed by atoms with van der Waals surface area (Å²) in [7, 11) is 0. The summed E-state index contributed by atoms with van der Waals surface area (Å²) in [4.78, 5) is 15.5. The van der Waals surface area contributed by atoms with Crippen molar-refractivity contribution in [1.82, 2.24) is 10.2 Å². The molecule has 1 aliphatic rings. The molecule has 1 aromatic rings. The molecule has 1 saturated carbocycles.